The summed E-state index contributed by atoms with van der Waals surface area (Å²) in [5, 5.41) is 12.5. The van der Waals surface area contributed by atoms with E-state index in [4.69, 9.17) is 0 Å². The lowest BCUT2D eigenvalue weighted by Crippen LogP contribution is -2.28. The minimum absolute atomic E-state index is 0.0187. The molecule has 1 fully saturated rings. The molecule has 4 nitrogen and oxygen atoms in total. The lowest BCUT2D eigenvalue weighted by Gasteiger charge is -2.21. The van der Waals surface area contributed by atoms with Gasteiger partial charge in [0, 0.05) is 34.6 Å². The Kier molecular flexibility index (Phi) is 5.81. The molecule has 1 amide bonds. The van der Waals surface area contributed by atoms with Gasteiger partial charge in [0.05, 0.1) is 5.41 Å². The highest BCUT2D eigenvalue weighted by atomic mass is 32.2. The van der Waals surface area contributed by atoms with Crippen LogP contribution < -0.4 is 5.32 Å². The average molecular weight is 339 g/mol. The van der Waals surface area contributed by atoms with Crippen molar-refractivity contribution in [2.75, 3.05) is 22.6 Å². The number of aliphatic carboxylic acids is 1. The lowest BCUT2D eigenvalue weighted by atomic mass is 9.85. The summed E-state index contributed by atoms with van der Waals surface area (Å²) >= 11 is 3.77. The standard InChI is InChI=1S/C16H21NO3S2/c1-16(2,15(19)20)11-3-5-12(6-4-11)17-14(18)9-13-10-21-7-8-22-13/h3-6,13H,7-10H2,1-2H3,(H,17,18)(H,19,20). The van der Waals surface area contributed by atoms with Crippen LogP contribution in [0.2, 0.25) is 0 Å². The maximum absolute atomic E-state index is 12.0. The number of hydrogen-bond acceptors (Lipinski definition) is 4. The number of carboxylic acids is 1. The zero-order chi connectivity index (χ0) is 16.2. The highest BCUT2D eigenvalue weighted by Crippen LogP contribution is 2.27. The molecular weight excluding hydrogens is 318 g/mol. The molecule has 0 aliphatic carbocycles. The summed E-state index contributed by atoms with van der Waals surface area (Å²) in [7, 11) is 0. The number of benzene rings is 1. The van der Waals surface area contributed by atoms with Crippen LogP contribution in [-0.2, 0) is 15.0 Å². The molecular formula is C16H21NO3S2. The molecule has 120 valence electrons. The summed E-state index contributed by atoms with van der Waals surface area (Å²) in [5.74, 6) is 2.47. The number of anilines is 1. The zero-order valence-electron chi connectivity index (χ0n) is 12.8. The van der Waals surface area contributed by atoms with Gasteiger partial charge in [-0.1, -0.05) is 12.1 Å². The van der Waals surface area contributed by atoms with Gasteiger partial charge in [-0.15, -0.1) is 0 Å². The van der Waals surface area contributed by atoms with Crippen LogP contribution in [0.4, 0.5) is 5.69 Å². The fourth-order valence-electron chi connectivity index (χ4n) is 2.17. The first-order valence-electron chi connectivity index (χ1n) is 7.22. The molecule has 0 radical (unpaired) electrons. The maximum Gasteiger partial charge on any atom is 0.313 e. The van der Waals surface area contributed by atoms with Crippen LogP contribution in [0, 0.1) is 0 Å². The van der Waals surface area contributed by atoms with Gasteiger partial charge in [0.2, 0.25) is 5.91 Å². The highest BCUT2D eigenvalue weighted by Gasteiger charge is 2.29. The Balaban J connectivity index is 1.93. The Morgan fingerprint density at radius 3 is 2.50 bits per heavy atom. The molecule has 1 aromatic carbocycles. The van der Waals surface area contributed by atoms with Crippen LogP contribution in [0.5, 0.6) is 0 Å². The van der Waals surface area contributed by atoms with Gasteiger partial charge in [0.1, 0.15) is 0 Å². The van der Waals surface area contributed by atoms with Crippen LogP contribution in [0.3, 0.4) is 0 Å². The lowest BCUT2D eigenvalue weighted by molar-refractivity contribution is -0.142. The molecule has 6 heteroatoms. The molecule has 2 rings (SSSR count). The fourth-order valence-corrected chi connectivity index (χ4v) is 4.85. The molecule has 22 heavy (non-hydrogen) atoms. The normalized spacial score (nSPS) is 18.7. The molecule has 1 saturated heterocycles. The van der Waals surface area contributed by atoms with Crippen molar-refractivity contribution in [2.24, 2.45) is 0 Å². The number of carbonyl (C=O) groups is 2. The van der Waals surface area contributed by atoms with Crippen molar-refractivity contribution in [1.29, 1.82) is 0 Å². The number of thioether (sulfide) groups is 2. The van der Waals surface area contributed by atoms with E-state index in [0.717, 1.165) is 17.1 Å². The molecule has 0 aromatic heterocycles. The predicted molar refractivity (Wildman–Crippen MR) is 93.9 cm³/mol. The van der Waals surface area contributed by atoms with Gasteiger partial charge >= 0.3 is 5.97 Å². The molecule has 1 atom stereocenters. The number of carbonyl (C=O) groups excluding carboxylic acids is 1. The van der Waals surface area contributed by atoms with Crippen LogP contribution in [-0.4, -0.2) is 39.5 Å². The minimum Gasteiger partial charge on any atom is -0.481 e. The highest BCUT2D eigenvalue weighted by molar-refractivity contribution is 8.06. The van der Waals surface area contributed by atoms with E-state index in [1.165, 1.54) is 5.75 Å². The topological polar surface area (TPSA) is 66.4 Å². The maximum atomic E-state index is 12.0. The van der Waals surface area contributed by atoms with E-state index in [-0.39, 0.29) is 5.91 Å². The Morgan fingerprint density at radius 2 is 1.95 bits per heavy atom. The van der Waals surface area contributed by atoms with Crippen molar-refractivity contribution in [3.8, 4) is 0 Å². The molecule has 1 heterocycles. The zero-order valence-corrected chi connectivity index (χ0v) is 14.4. The second-order valence-electron chi connectivity index (χ2n) is 5.83. The fraction of sp³-hybridized carbons (Fsp3) is 0.500. The van der Waals surface area contributed by atoms with Gasteiger partial charge < -0.3 is 10.4 Å². The Bertz CT molecular complexity index is 537. The van der Waals surface area contributed by atoms with E-state index in [0.29, 0.717) is 17.4 Å². The number of carboxylic acid groups (broad SMARTS) is 1. The first-order chi connectivity index (χ1) is 10.4. The number of nitrogens with one attached hydrogen (secondary N) is 1. The van der Waals surface area contributed by atoms with Gasteiger partial charge in [-0.05, 0) is 31.5 Å². The van der Waals surface area contributed by atoms with Crippen LogP contribution in [0.25, 0.3) is 0 Å². The smallest absolute Gasteiger partial charge is 0.313 e. The summed E-state index contributed by atoms with van der Waals surface area (Å²) < 4.78 is 0. The molecule has 1 unspecified atom stereocenters. The van der Waals surface area contributed by atoms with Gasteiger partial charge in [-0.25, -0.2) is 0 Å². The van der Waals surface area contributed by atoms with Crippen molar-refractivity contribution in [3.05, 3.63) is 29.8 Å². The third kappa shape index (κ3) is 4.43. The monoisotopic (exact) mass is 339 g/mol. The van der Waals surface area contributed by atoms with Crippen LogP contribution in [0.15, 0.2) is 24.3 Å². The quantitative estimate of drug-likeness (QED) is 0.862. The number of hydrogen-bond donors (Lipinski definition) is 2. The number of amides is 1. The minimum atomic E-state index is -0.932. The summed E-state index contributed by atoms with van der Waals surface area (Å²) in [6.07, 6.45) is 0.528. The Morgan fingerprint density at radius 1 is 1.27 bits per heavy atom. The van der Waals surface area contributed by atoms with E-state index in [9.17, 15) is 14.7 Å². The van der Waals surface area contributed by atoms with Gasteiger partial charge in [-0.3, -0.25) is 9.59 Å². The van der Waals surface area contributed by atoms with E-state index in [1.54, 1.807) is 38.1 Å². The summed E-state index contributed by atoms with van der Waals surface area (Å²) in [4.78, 5) is 23.3. The van der Waals surface area contributed by atoms with Gasteiger partial charge in [0.15, 0.2) is 0 Å². The first kappa shape index (κ1) is 17.2. The number of rotatable bonds is 5. The van der Waals surface area contributed by atoms with Crippen molar-refractivity contribution >= 4 is 41.1 Å². The van der Waals surface area contributed by atoms with E-state index >= 15 is 0 Å². The van der Waals surface area contributed by atoms with Gasteiger partial charge in [0.25, 0.3) is 0 Å². The summed E-state index contributed by atoms with van der Waals surface area (Å²) in [6.45, 7) is 3.34. The predicted octanol–water partition coefficient (Wildman–Crippen LogP) is 3.23. The Labute approximate surface area is 139 Å². The Hall–Kier alpha value is -1.14. The first-order valence-corrected chi connectivity index (χ1v) is 9.43. The van der Waals surface area contributed by atoms with Crippen molar-refractivity contribution in [1.82, 2.24) is 0 Å². The molecule has 1 aliphatic rings. The molecule has 0 saturated carbocycles. The second kappa shape index (κ2) is 7.42. The molecule has 0 spiro atoms. The third-order valence-electron chi connectivity index (χ3n) is 3.72. The van der Waals surface area contributed by atoms with Gasteiger partial charge in [-0.2, -0.15) is 23.5 Å². The molecule has 0 bridgehead atoms. The van der Waals surface area contributed by atoms with Crippen molar-refractivity contribution in [3.63, 3.8) is 0 Å². The third-order valence-corrected chi connectivity index (χ3v) is 6.57. The van der Waals surface area contributed by atoms with Crippen LogP contribution >= 0.6 is 23.5 Å². The molecule has 1 aromatic rings. The van der Waals surface area contributed by atoms with Crippen LogP contribution in [0.1, 0.15) is 25.8 Å². The molecule has 2 N–H and O–H groups in total. The second-order valence-corrected chi connectivity index (χ2v) is 8.39. The van der Waals surface area contributed by atoms with E-state index < -0.39 is 11.4 Å². The van der Waals surface area contributed by atoms with Crippen molar-refractivity contribution in [2.45, 2.75) is 30.9 Å². The summed E-state index contributed by atoms with van der Waals surface area (Å²) in [6, 6.07) is 7.05. The molecule has 1 aliphatic heterocycles. The SMILES string of the molecule is CC(C)(C(=O)O)c1ccc(NC(=O)CC2CSCCS2)cc1. The largest absolute Gasteiger partial charge is 0.481 e. The average Bonchev–Trinajstić information content (AvgIpc) is 2.48. The van der Waals surface area contributed by atoms with E-state index in [1.807, 2.05) is 23.5 Å². The van der Waals surface area contributed by atoms with Crippen molar-refractivity contribution < 1.29 is 14.7 Å². The summed E-state index contributed by atoms with van der Waals surface area (Å²) in [5.41, 5.74) is 0.499. The van der Waals surface area contributed by atoms with E-state index in [2.05, 4.69) is 5.32 Å².